The van der Waals surface area contributed by atoms with Crippen molar-refractivity contribution in [2.75, 3.05) is 32.7 Å². The Balaban J connectivity index is 1.52. The third-order valence-electron chi connectivity index (χ3n) is 4.97. The standard InChI is InChI=1S/C20H24ClN3O3S/c1-16(18-9-5-6-10-19(18)21)22-20(25)15-23-11-13-24(14-12-23)28(26,27)17-7-3-2-4-8-17/h2-10,16H,11-15H2,1H3,(H,22,25)/p+1/t16-/m0/s1. The number of nitrogens with zero attached hydrogens (tertiary/aromatic N) is 1. The highest BCUT2D eigenvalue weighted by atomic mass is 35.5. The van der Waals surface area contributed by atoms with Gasteiger partial charge in [-0.2, -0.15) is 4.31 Å². The van der Waals surface area contributed by atoms with Crippen LogP contribution in [0.25, 0.3) is 0 Å². The Morgan fingerprint density at radius 3 is 2.36 bits per heavy atom. The van der Waals surface area contributed by atoms with Gasteiger partial charge in [-0.3, -0.25) is 4.79 Å². The summed E-state index contributed by atoms with van der Waals surface area (Å²) in [5.74, 6) is -0.0678. The quantitative estimate of drug-likeness (QED) is 0.732. The van der Waals surface area contributed by atoms with Gasteiger partial charge in [-0.05, 0) is 30.7 Å². The molecular weight excluding hydrogens is 398 g/mol. The van der Waals surface area contributed by atoms with Gasteiger partial charge in [0.05, 0.1) is 37.1 Å². The van der Waals surface area contributed by atoms with Crippen LogP contribution in [0, 0.1) is 0 Å². The lowest BCUT2D eigenvalue weighted by molar-refractivity contribution is -0.895. The highest BCUT2D eigenvalue weighted by Gasteiger charge is 2.31. The fraction of sp³-hybridized carbons (Fsp3) is 0.350. The predicted molar refractivity (Wildman–Crippen MR) is 109 cm³/mol. The summed E-state index contributed by atoms with van der Waals surface area (Å²) in [6.45, 7) is 4.21. The Hall–Kier alpha value is -1.93. The number of nitrogens with one attached hydrogen (secondary N) is 2. The van der Waals surface area contributed by atoms with Crippen molar-refractivity contribution in [1.82, 2.24) is 9.62 Å². The minimum atomic E-state index is -3.47. The fourth-order valence-electron chi connectivity index (χ4n) is 3.38. The molecule has 0 aliphatic carbocycles. The number of carbonyl (C=O) groups is 1. The van der Waals surface area contributed by atoms with Gasteiger partial charge in [0.15, 0.2) is 6.54 Å². The molecule has 2 N–H and O–H groups in total. The van der Waals surface area contributed by atoms with Crippen LogP contribution in [0.1, 0.15) is 18.5 Å². The Morgan fingerprint density at radius 1 is 1.11 bits per heavy atom. The molecule has 1 heterocycles. The van der Waals surface area contributed by atoms with Gasteiger partial charge in [0.1, 0.15) is 0 Å². The summed E-state index contributed by atoms with van der Waals surface area (Å²) in [4.78, 5) is 13.8. The number of hydrogen-bond acceptors (Lipinski definition) is 3. The SMILES string of the molecule is C[C@H](NC(=O)C[NH+]1CCN(S(=O)(=O)c2ccccc2)CC1)c1ccccc1Cl. The number of piperazine rings is 1. The van der Waals surface area contributed by atoms with E-state index in [-0.39, 0.29) is 11.9 Å². The van der Waals surface area contributed by atoms with Gasteiger partial charge in [0.2, 0.25) is 10.0 Å². The van der Waals surface area contributed by atoms with Crippen LogP contribution in [-0.4, -0.2) is 51.4 Å². The largest absolute Gasteiger partial charge is 0.345 e. The maximum absolute atomic E-state index is 12.7. The summed E-state index contributed by atoms with van der Waals surface area (Å²) in [6, 6.07) is 15.7. The lowest BCUT2D eigenvalue weighted by Gasteiger charge is -2.31. The van der Waals surface area contributed by atoms with Crippen LogP contribution in [-0.2, 0) is 14.8 Å². The van der Waals surface area contributed by atoms with Crippen molar-refractivity contribution in [1.29, 1.82) is 0 Å². The molecule has 1 amide bonds. The molecule has 8 heteroatoms. The van der Waals surface area contributed by atoms with E-state index >= 15 is 0 Å². The van der Waals surface area contributed by atoms with Gasteiger partial charge in [0, 0.05) is 5.02 Å². The van der Waals surface area contributed by atoms with Gasteiger partial charge in [-0.1, -0.05) is 48.0 Å². The average molecular weight is 423 g/mol. The molecule has 150 valence electrons. The van der Waals surface area contributed by atoms with Gasteiger partial charge in [-0.25, -0.2) is 8.42 Å². The van der Waals surface area contributed by atoms with Crippen LogP contribution in [0.4, 0.5) is 0 Å². The lowest BCUT2D eigenvalue weighted by Crippen LogP contribution is -3.15. The molecule has 0 saturated carbocycles. The van der Waals surface area contributed by atoms with E-state index < -0.39 is 10.0 Å². The molecule has 1 fully saturated rings. The van der Waals surface area contributed by atoms with E-state index in [1.165, 1.54) is 4.31 Å². The number of quaternary nitrogens is 1. The lowest BCUT2D eigenvalue weighted by atomic mass is 10.1. The van der Waals surface area contributed by atoms with E-state index in [0.29, 0.717) is 42.6 Å². The minimum Gasteiger partial charge on any atom is -0.345 e. The van der Waals surface area contributed by atoms with Crippen molar-refractivity contribution in [2.45, 2.75) is 17.9 Å². The van der Waals surface area contributed by atoms with Crippen LogP contribution in [0.3, 0.4) is 0 Å². The van der Waals surface area contributed by atoms with Crippen LogP contribution in [0.2, 0.25) is 5.02 Å². The fourth-order valence-corrected chi connectivity index (χ4v) is 5.15. The van der Waals surface area contributed by atoms with Gasteiger partial charge >= 0.3 is 0 Å². The maximum atomic E-state index is 12.7. The maximum Gasteiger partial charge on any atom is 0.275 e. The number of amides is 1. The molecule has 1 aliphatic rings. The molecule has 1 atom stereocenters. The highest BCUT2D eigenvalue weighted by molar-refractivity contribution is 7.89. The monoisotopic (exact) mass is 422 g/mol. The normalized spacial score (nSPS) is 17.2. The second-order valence-corrected chi connectivity index (χ2v) is 9.30. The van der Waals surface area contributed by atoms with Crippen molar-refractivity contribution >= 4 is 27.5 Å². The summed E-state index contributed by atoms with van der Waals surface area (Å²) in [5, 5.41) is 3.60. The van der Waals surface area contributed by atoms with E-state index in [2.05, 4.69) is 5.32 Å². The zero-order chi connectivity index (χ0) is 20.1. The van der Waals surface area contributed by atoms with E-state index in [0.717, 1.165) is 10.5 Å². The third-order valence-corrected chi connectivity index (χ3v) is 7.23. The molecule has 2 aromatic rings. The van der Waals surface area contributed by atoms with Gasteiger partial charge in [-0.15, -0.1) is 0 Å². The van der Waals surface area contributed by atoms with E-state index in [9.17, 15) is 13.2 Å². The zero-order valence-corrected chi connectivity index (χ0v) is 17.3. The van der Waals surface area contributed by atoms with Crippen molar-refractivity contribution in [3.63, 3.8) is 0 Å². The molecule has 1 saturated heterocycles. The molecule has 0 bridgehead atoms. The Kier molecular flexibility index (Phi) is 6.72. The number of sulfonamides is 1. The molecule has 0 spiro atoms. The van der Waals surface area contributed by atoms with E-state index in [1.807, 2.05) is 25.1 Å². The Labute approximate surface area is 171 Å². The first-order valence-corrected chi connectivity index (χ1v) is 11.1. The second-order valence-electron chi connectivity index (χ2n) is 6.95. The molecule has 0 aromatic heterocycles. The number of rotatable bonds is 6. The smallest absolute Gasteiger partial charge is 0.275 e. The molecular formula is C20H25ClN3O3S+. The molecule has 6 nitrogen and oxygen atoms in total. The van der Waals surface area contributed by atoms with E-state index in [4.69, 9.17) is 11.6 Å². The second kappa shape index (κ2) is 9.05. The Morgan fingerprint density at radius 2 is 1.71 bits per heavy atom. The van der Waals surface area contributed by atoms with Crippen LogP contribution < -0.4 is 10.2 Å². The molecule has 0 unspecified atom stereocenters. The first kappa shape index (κ1) is 20.8. The molecule has 0 radical (unpaired) electrons. The molecule has 3 rings (SSSR count). The van der Waals surface area contributed by atoms with Gasteiger partial charge < -0.3 is 10.2 Å². The predicted octanol–water partition coefficient (Wildman–Crippen LogP) is 1.11. The number of hydrogen-bond donors (Lipinski definition) is 2. The minimum absolute atomic E-state index is 0.0678. The topological polar surface area (TPSA) is 70.9 Å². The third kappa shape index (κ3) is 4.91. The Bertz CT molecular complexity index is 913. The van der Waals surface area contributed by atoms with E-state index in [1.54, 1.807) is 36.4 Å². The van der Waals surface area contributed by atoms with Crippen LogP contribution in [0.5, 0.6) is 0 Å². The number of halogens is 1. The summed E-state index contributed by atoms with van der Waals surface area (Å²) < 4.78 is 26.8. The zero-order valence-electron chi connectivity index (χ0n) is 15.8. The first-order valence-electron chi connectivity index (χ1n) is 9.30. The van der Waals surface area contributed by atoms with Crippen LogP contribution in [0.15, 0.2) is 59.5 Å². The van der Waals surface area contributed by atoms with Crippen molar-refractivity contribution < 1.29 is 18.1 Å². The van der Waals surface area contributed by atoms with Crippen LogP contribution >= 0.6 is 11.6 Å². The summed E-state index contributed by atoms with van der Waals surface area (Å²) in [7, 11) is -3.47. The van der Waals surface area contributed by atoms with Crippen molar-refractivity contribution in [3.05, 3.63) is 65.2 Å². The summed E-state index contributed by atoms with van der Waals surface area (Å²) in [6.07, 6.45) is 0. The van der Waals surface area contributed by atoms with Gasteiger partial charge in [0.25, 0.3) is 5.91 Å². The number of benzene rings is 2. The van der Waals surface area contributed by atoms with Crippen molar-refractivity contribution in [2.24, 2.45) is 0 Å². The highest BCUT2D eigenvalue weighted by Crippen LogP contribution is 2.21. The first-order chi connectivity index (χ1) is 13.4. The summed E-state index contributed by atoms with van der Waals surface area (Å²) >= 11 is 6.18. The number of carbonyl (C=O) groups excluding carboxylic acids is 1. The summed E-state index contributed by atoms with van der Waals surface area (Å²) in [5.41, 5.74) is 0.881. The average Bonchev–Trinajstić information content (AvgIpc) is 2.69. The molecule has 2 aromatic carbocycles. The van der Waals surface area contributed by atoms with Crippen molar-refractivity contribution in [3.8, 4) is 0 Å². The molecule has 28 heavy (non-hydrogen) atoms. The molecule has 1 aliphatic heterocycles.